The Labute approximate surface area is 117 Å². The van der Waals surface area contributed by atoms with Crippen LogP contribution in [0.1, 0.15) is 27.2 Å². The van der Waals surface area contributed by atoms with Crippen LogP contribution >= 0.6 is 15.9 Å². The third-order valence-corrected chi connectivity index (χ3v) is 4.31. The number of anilines is 1. The lowest BCUT2D eigenvalue weighted by molar-refractivity contribution is 0.326. The van der Waals surface area contributed by atoms with Gasteiger partial charge in [0.05, 0.1) is 18.4 Å². The smallest absolute Gasteiger partial charge is 0.268 e. The molecule has 1 rings (SSSR count). The molecule has 0 fully saturated rings. The van der Waals surface area contributed by atoms with Crippen molar-refractivity contribution in [3.05, 3.63) is 22.6 Å². The highest BCUT2D eigenvalue weighted by Gasteiger charge is 2.18. The van der Waals surface area contributed by atoms with E-state index >= 15 is 0 Å². The van der Waals surface area contributed by atoms with E-state index in [0.717, 1.165) is 24.0 Å². The number of hydrogen-bond donors (Lipinski definition) is 0. The Morgan fingerprint density at radius 2 is 2.17 bits per heavy atom. The molecule has 4 nitrogen and oxygen atoms in total. The Bertz CT molecular complexity index is 442. The van der Waals surface area contributed by atoms with E-state index in [0.29, 0.717) is 6.54 Å². The molecule has 0 aliphatic heterocycles. The van der Waals surface area contributed by atoms with Crippen LogP contribution in [0.3, 0.4) is 0 Å². The fourth-order valence-electron chi connectivity index (χ4n) is 1.66. The summed E-state index contributed by atoms with van der Waals surface area (Å²) < 4.78 is 1.53. The maximum Gasteiger partial charge on any atom is 0.268 e. The first kappa shape index (κ1) is 15.2. The number of nitrogens with zero attached hydrogens (tertiary/aromatic N) is 3. The minimum Gasteiger partial charge on any atom is -0.373 e. The summed E-state index contributed by atoms with van der Waals surface area (Å²) in [5, 5.41) is 5.10. The van der Waals surface area contributed by atoms with E-state index in [1.54, 1.807) is 12.3 Å². The van der Waals surface area contributed by atoms with Gasteiger partial charge in [-0.25, -0.2) is 4.68 Å². The summed E-state index contributed by atoms with van der Waals surface area (Å²) in [6.45, 7) is 7.87. The van der Waals surface area contributed by atoms with Gasteiger partial charge >= 0.3 is 0 Å². The monoisotopic (exact) mass is 315 g/mol. The lowest BCUT2D eigenvalue weighted by atomic mass is 9.97. The van der Waals surface area contributed by atoms with Gasteiger partial charge in [-0.2, -0.15) is 5.10 Å². The summed E-state index contributed by atoms with van der Waals surface area (Å²) in [5.74, 6) is 0. The second-order valence-corrected chi connectivity index (χ2v) is 5.99. The number of hydrogen-bond acceptors (Lipinski definition) is 3. The van der Waals surface area contributed by atoms with Crippen molar-refractivity contribution in [3.63, 3.8) is 0 Å². The Hall–Kier alpha value is -0.840. The van der Waals surface area contributed by atoms with Gasteiger partial charge in [0, 0.05) is 25.0 Å². The highest BCUT2D eigenvalue weighted by atomic mass is 79.9. The van der Waals surface area contributed by atoms with Crippen LogP contribution in [-0.2, 0) is 6.54 Å². The van der Waals surface area contributed by atoms with Crippen LogP contribution in [0, 0.1) is 5.41 Å². The van der Waals surface area contributed by atoms with E-state index in [2.05, 4.69) is 41.8 Å². The molecule has 5 heteroatoms. The van der Waals surface area contributed by atoms with E-state index in [9.17, 15) is 4.79 Å². The van der Waals surface area contributed by atoms with Crippen molar-refractivity contribution in [2.45, 2.75) is 33.7 Å². The molecule has 0 saturated heterocycles. The molecule has 1 heterocycles. The number of alkyl halides is 1. The van der Waals surface area contributed by atoms with Crippen LogP contribution in [0.15, 0.2) is 17.1 Å². The lowest BCUT2D eigenvalue weighted by Crippen LogP contribution is -2.32. The molecular weight excluding hydrogens is 294 g/mol. The van der Waals surface area contributed by atoms with Gasteiger partial charge in [0.1, 0.15) is 0 Å². The molecule has 18 heavy (non-hydrogen) atoms. The predicted octanol–water partition coefficient (Wildman–Crippen LogP) is 2.51. The molecule has 102 valence electrons. The molecular formula is C13H22BrN3O. The minimum absolute atomic E-state index is 0.0215. The second kappa shape index (κ2) is 6.36. The normalized spacial score (nSPS) is 11.6. The SMILES string of the molecule is CCCN(C)c1cnn(CC(C)(C)CBr)c(=O)c1. The largest absolute Gasteiger partial charge is 0.373 e. The Balaban J connectivity index is 2.90. The highest BCUT2D eigenvalue weighted by Crippen LogP contribution is 2.19. The molecule has 0 spiro atoms. The first-order chi connectivity index (χ1) is 8.39. The van der Waals surface area contributed by atoms with E-state index in [4.69, 9.17) is 0 Å². The van der Waals surface area contributed by atoms with Crippen LogP contribution < -0.4 is 10.5 Å². The lowest BCUT2D eigenvalue weighted by Gasteiger charge is -2.23. The van der Waals surface area contributed by atoms with Crippen molar-refractivity contribution < 1.29 is 0 Å². The van der Waals surface area contributed by atoms with Crippen LogP contribution in [-0.4, -0.2) is 28.7 Å². The maximum atomic E-state index is 12.0. The number of rotatable bonds is 6. The van der Waals surface area contributed by atoms with Gasteiger partial charge in [-0.3, -0.25) is 4.79 Å². The molecule has 0 aromatic carbocycles. The Morgan fingerprint density at radius 3 is 2.67 bits per heavy atom. The van der Waals surface area contributed by atoms with Crippen molar-refractivity contribution in [3.8, 4) is 0 Å². The molecule has 0 aliphatic carbocycles. The van der Waals surface area contributed by atoms with Crippen molar-refractivity contribution in [2.24, 2.45) is 5.41 Å². The maximum absolute atomic E-state index is 12.0. The van der Waals surface area contributed by atoms with E-state index in [1.165, 1.54) is 4.68 Å². The summed E-state index contributed by atoms with van der Waals surface area (Å²) in [4.78, 5) is 14.1. The quantitative estimate of drug-likeness (QED) is 0.757. The third-order valence-electron chi connectivity index (χ3n) is 2.79. The highest BCUT2D eigenvalue weighted by molar-refractivity contribution is 9.09. The second-order valence-electron chi connectivity index (χ2n) is 5.43. The predicted molar refractivity (Wildman–Crippen MR) is 79.6 cm³/mol. The van der Waals surface area contributed by atoms with Crippen LogP contribution in [0.5, 0.6) is 0 Å². The van der Waals surface area contributed by atoms with Crippen molar-refractivity contribution in [2.75, 3.05) is 23.8 Å². The van der Waals surface area contributed by atoms with Gasteiger partial charge in [-0.15, -0.1) is 0 Å². The zero-order chi connectivity index (χ0) is 13.8. The van der Waals surface area contributed by atoms with Gasteiger partial charge < -0.3 is 4.90 Å². The van der Waals surface area contributed by atoms with Crippen LogP contribution in [0.2, 0.25) is 0 Å². The molecule has 0 unspecified atom stereocenters. The molecule has 0 radical (unpaired) electrons. The average molecular weight is 316 g/mol. The van der Waals surface area contributed by atoms with Crippen molar-refractivity contribution in [1.29, 1.82) is 0 Å². The molecule has 0 atom stereocenters. The fourth-order valence-corrected chi connectivity index (χ4v) is 1.84. The summed E-state index contributed by atoms with van der Waals surface area (Å²) in [6.07, 6.45) is 2.82. The molecule has 0 aliphatic rings. The van der Waals surface area contributed by atoms with E-state index in [-0.39, 0.29) is 11.0 Å². The Kier molecular flexibility index (Phi) is 5.38. The van der Waals surface area contributed by atoms with Gasteiger partial charge in [-0.1, -0.05) is 36.7 Å². The molecule has 0 N–H and O–H groups in total. The minimum atomic E-state index is -0.0375. The van der Waals surface area contributed by atoms with E-state index < -0.39 is 0 Å². The third kappa shape index (κ3) is 4.12. The van der Waals surface area contributed by atoms with Gasteiger partial charge in [0.25, 0.3) is 5.56 Å². The summed E-state index contributed by atoms with van der Waals surface area (Å²) in [6, 6.07) is 1.66. The molecule has 1 aromatic heterocycles. The fraction of sp³-hybridized carbons (Fsp3) is 0.692. The zero-order valence-corrected chi connectivity index (χ0v) is 13.2. The molecule has 0 saturated carbocycles. The van der Waals surface area contributed by atoms with Crippen LogP contribution in [0.25, 0.3) is 0 Å². The molecule has 0 bridgehead atoms. The average Bonchev–Trinajstić information content (AvgIpc) is 2.32. The van der Waals surface area contributed by atoms with Crippen molar-refractivity contribution >= 4 is 21.6 Å². The first-order valence-electron chi connectivity index (χ1n) is 6.24. The molecule has 1 aromatic rings. The zero-order valence-electron chi connectivity index (χ0n) is 11.6. The first-order valence-corrected chi connectivity index (χ1v) is 7.36. The molecule has 0 amide bonds. The Morgan fingerprint density at radius 1 is 1.50 bits per heavy atom. The van der Waals surface area contributed by atoms with E-state index in [1.807, 2.05) is 11.9 Å². The summed E-state index contributed by atoms with van der Waals surface area (Å²) in [7, 11) is 1.98. The van der Waals surface area contributed by atoms with Crippen molar-refractivity contribution in [1.82, 2.24) is 9.78 Å². The summed E-state index contributed by atoms with van der Waals surface area (Å²) in [5.41, 5.74) is 0.868. The number of halogens is 1. The topological polar surface area (TPSA) is 38.1 Å². The van der Waals surface area contributed by atoms with Gasteiger partial charge in [-0.05, 0) is 11.8 Å². The standard InChI is InChI=1S/C13H22BrN3O/c1-5-6-16(4)11-7-12(18)17(15-8-11)10-13(2,3)9-14/h7-8H,5-6,9-10H2,1-4H3. The number of aromatic nitrogens is 2. The van der Waals surface area contributed by atoms with Crippen LogP contribution in [0.4, 0.5) is 5.69 Å². The van der Waals surface area contributed by atoms with Gasteiger partial charge in [0.15, 0.2) is 0 Å². The van der Waals surface area contributed by atoms with Gasteiger partial charge in [0.2, 0.25) is 0 Å². The summed E-state index contributed by atoms with van der Waals surface area (Å²) >= 11 is 3.46.